The molecule has 0 aliphatic rings. The van der Waals surface area contributed by atoms with E-state index < -0.39 is 28.4 Å². The van der Waals surface area contributed by atoms with Gasteiger partial charge in [0.15, 0.2) is 11.5 Å². The lowest BCUT2D eigenvalue weighted by Gasteiger charge is -2.24. The average Bonchev–Trinajstić information content (AvgIpc) is 2.96. The minimum Gasteiger partial charge on any atom is -0.494 e. The molecule has 3 aromatic rings. The molecular formula is C27H29N3O8S. The molecule has 1 N–H and O–H groups in total. The van der Waals surface area contributed by atoms with Gasteiger partial charge in [0, 0.05) is 6.07 Å². The fourth-order valence-electron chi connectivity index (χ4n) is 3.46. The molecule has 0 saturated heterocycles. The van der Waals surface area contributed by atoms with Crippen LogP contribution in [0.25, 0.3) is 0 Å². The van der Waals surface area contributed by atoms with Crippen molar-refractivity contribution < 1.29 is 37.0 Å². The van der Waals surface area contributed by atoms with Gasteiger partial charge in [-0.1, -0.05) is 12.1 Å². The molecular weight excluding hydrogens is 526 g/mol. The van der Waals surface area contributed by atoms with Crippen LogP contribution in [0.1, 0.15) is 22.8 Å². The predicted molar refractivity (Wildman–Crippen MR) is 145 cm³/mol. The van der Waals surface area contributed by atoms with Gasteiger partial charge in [-0.3, -0.25) is 9.10 Å². The van der Waals surface area contributed by atoms with Gasteiger partial charge in [-0.15, -0.1) is 0 Å². The second-order valence-corrected chi connectivity index (χ2v) is 9.72. The Bertz CT molecular complexity index is 1420. The number of hydrogen-bond acceptors (Lipinski definition) is 9. The number of carbonyl (C=O) groups excluding carboxylic acids is 2. The van der Waals surface area contributed by atoms with Crippen LogP contribution in [-0.4, -0.2) is 61.0 Å². The van der Waals surface area contributed by atoms with Gasteiger partial charge in [0.05, 0.1) is 50.3 Å². The quantitative estimate of drug-likeness (QED) is 0.205. The molecule has 3 rings (SSSR count). The number of anilines is 1. The van der Waals surface area contributed by atoms with Crippen LogP contribution >= 0.6 is 0 Å². The maximum Gasteiger partial charge on any atom is 0.337 e. The molecule has 0 atom stereocenters. The Balaban J connectivity index is 1.85. The van der Waals surface area contributed by atoms with E-state index in [4.69, 9.17) is 14.2 Å². The van der Waals surface area contributed by atoms with Crippen LogP contribution in [-0.2, 0) is 19.6 Å². The van der Waals surface area contributed by atoms with Crippen LogP contribution in [0.4, 0.5) is 5.69 Å². The summed E-state index contributed by atoms with van der Waals surface area (Å²) in [6, 6.07) is 16.8. The summed E-state index contributed by atoms with van der Waals surface area (Å²) in [5.41, 5.74) is 3.55. The van der Waals surface area contributed by atoms with Crippen LogP contribution in [0.2, 0.25) is 0 Å². The highest BCUT2D eigenvalue weighted by atomic mass is 32.2. The first-order valence-corrected chi connectivity index (χ1v) is 13.2. The summed E-state index contributed by atoms with van der Waals surface area (Å²) in [6.45, 7) is 1.71. The Morgan fingerprint density at radius 3 is 2.18 bits per heavy atom. The number of sulfonamides is 1. The monoisotopic (exact) mass is 555 g/mol. The van der Waals surface area contributed by atoms with Crippen molar-refractivity contribution in [1.82, 2.24) is 5.43 Å². The summed E-state index contributed by atoms with van der Waals surface area (Å²) >= 11 is 0. The Labute approximate surface area is 227 Å². The number of hydrogen-bond donors (Lipinski definition) is 1. The number of nitrogens with zero attached hydrogens (tertiary/aromatic N) is 2. The number of hydrazone groups is 1. The van der Waals surface area contributed by atoms with Gasteiger partial charge in [-0.25, -0.2) is 18.6 Å². The zero-order valence-electron chi connectivity index (χ0n) is 21.9. The molecule has 206 valence electrons. The number of rotatable bonds is 12. The third-order valence-electron chi connectivity index (χ3n) is 5.40. The fourth-order valence-corrected chi connectivity index (χ4v) is 4.90. The number of methoxy groups -OCH3 is 3. The van der Waals surface area contributed by atoms with Crippen LogP contribution in [0.15, 0.2) is 76.7 Å². The number of carbonyl (C=O) groups is 2. The van der Waals surface area contributed by atoms with E-state index in [9.17, 15) is 18.0 Å². The summed E-state index contributed by atoms with van der Waals surface area (Å²) in [7, 11) is -0.100. The van der Waals surface area contributed by atoms with Crippen molar-refractivity contribution in [3.63, 3.8) is 0 Å². The molecule has 0 aromatic heterocycles. The molecule has 11 nitrogen and oxygen atoms in total. The van der Waals surface area contributed by atoms with Crippen molar-refractivity contribution >= 4 is 33.8 Å². The number of amides is 1. The van der Waals surface area contributed by atoms with E-state index in [0.717, 1.165) is 4.31 Å². The number of esters is 1. The zero-order chi connectivity index (χ0) is 28.4. The van der Waals surface area contributed by atoms with Crippen LogP contribution in [0, 0.1) is 0 Å². The second-order valence-electron chi connectivity index (χ2n) is 7.86. The molecule has 3 aromatic carbocycles. The summed E-state index contributed by atoms with van der Waals surface area (Å²) in [5, 5.41) is 3.91. The van der Waals surface area contributed by atoms with E-state index in [1.54, 1.807) is 48.5 Å². The number of nitrogens with one attached hydrogen (secondary N) is 1. The maximum absolute atomic E-state index is 13.7. The Morgan fingerprint density at radius 2 is 1.59 bits per heavy atom. The summed E-state index contributed by atoms with van der Waals surface area (Å²) in [6.07, 6.45) is 1.36. The van der Waals surface area contributed by atoms with Gasteiger partial charge in [-0.2, -0.15) is 5.10 Å². The molecule has 39 heavy (non-hydrogen) atoms. The standard InChI is InChI=1S/C27H29N3O8S/c1-5-38-22-12-10-21(11-13-22)30(39(33,34)23-14-15-24(35-2)25(16-23)36-3)18-26(31)29-28-17-19-6-8-20(9-7-19)27(32)37-4/h6-17H,5,18H2,1-4H3,(H,29,31)/b28-17-. The Kier molecular flexibility index (Phi) is 9.87. The molecule has 12 heteroatoms. The highest BCUT2D eigenvalue weighted by Gasteiger charge is 2.28. The molecule has 0 spiro atoms. The van der Waals surface area contributed by atoms with Gasteiger partial charge >= 0.3 is 5.97 Å². The third kappa shape index (κ3) is 7.26. The van der Waals surface area contributed by atoms with E-state index in [1.165, 1.54) is 45.7 Å². The highest BCUT2D eigenvalue weighted by molar-refractivity contribution is 7.92. The van der Waals surface area contributed by atoms with Gasteiger partial charge in [0.2, 0.25) is 0 Å². The van der Waals surface area contributed by atoms with Crippen molar-refractivity contribution in [2.24, 2.45) is 5.10 Å². The summed E-state index contributed by atoms with van der Waals surface area (Å²) < 4.78 is 48.9. The lowest BCUT2D eigenvalue weighted by atomic mass is 10.1. The Morgan fingerprint density at radius 1 is 0.923 bits per heavy atom. The van der Waals surface area contributed by atoms with Gasteiger partial charge in [0.1, 0.15) is 12.3 Å². The fraction of sp³-hybridized carbons (Fsp3) is 0.222. The Hall–Kier alpha value is -4.58. The van der Waals surface area contributed by atoms with Gasteiger partial charge < -0.3 is 18.9 Å². The average molecular weight is 556 g/mol. The van der Waals surface area contributed by atoms with Crippen LogP contribution in [0.5, 0.6) is 17.2 Å². The van der Waals surface area contributed by atoms with Crippen LogP contribution < -0.4 is 23.9 Å². The molecule has 0 radical (unpaired) electrons. The summed E-state index contributed by atoms with van der Waals surface area (Å²) in [5.74, 6) is -0.0301. The van der Waals surface area contributed by atoms with E-state index >= 15 is 0 Å². The van der Waals surface area contributed by atoms with E-state index in [1.807, 2.05) is 6.92 Å². The first-order valence-electron chi connectivity index (χ1n) is 11.7. The van der Waals surface area contributed by atoms with Crippen LogP contribution in [0.3, 0.4) is 0 Å². The third-order valence-corrected chi connectivity index (χ3v) is 7.17. The zero-order valence-corrected chi connectivity index (χ0v) is 22.7. The molecule has 0 fully saturated rings. The molecule has 0 bridgehead atoms. The van der Waals surface area contributed by atoms with Crippen molar-refractivity contribution in [2.45, 2.75) is 11.8 Å². The van der Waals surface area contributed by atoms with Crippen molar-refractivity contribution in [3.8, 4) is 17.2 Å². The molecule has 1 amide bonds. The number of benzene rings is 3. The molecule has 0 aliphatic carbocycles. The van der Waals surface area contributed by atoms with E-state index in [2.05, 4.69) is 15.3 Å². The normalized spacial score (nSPS) is 11.1. The van der Waals surface area contributed by atoms with Gasteiger partial charge in [0.25, 0.3) is 15.9 Å². The first kappa shape index (κ1) is 29.0. The minimum atomic E-state index is -4.22. The van der Waals surface area contributed by atoms with Gasteiger partial charge in [-0.05, 0) is 61.0 Å². The first-order chi connectivity index (χ1) is 18.7. The lowest BCUT2D eigenvalue weighted by molar-refractivity contribution is -0.119. The van der Waals surface area contributed by atoms with Crippen molar-refractivity contribution in [3.05, 3.63) is 77.9 Å². The minimum absolute atomic E-state index is 0.101. The van der Waals surface area contributed by atoms with Crippen molar-refractivity contribution in [1.29, 1.82) is 0 Å². The summed E-state index contributed by atoms with van der Waals surface area (Å²) in [4.78, 5) is 24.3. The predicted octanol–water partition coefficient (Wildman–Crippen LogP) is 3.23. The lowest BCUT2D eigenvalue weighted by Crippen LogP contribution is -2.39. The molecule has 0 aliphatic heterocycles. The maximum atomic E-state index is 13.7. The molecule has 0 saturated carbocycles. The SMILES string of the molecule is CCOc1ccc(N(CC(=O)N/N=C\c2ccc(C(=O)OC)cc2)S(=O)(=O)c2ccc(OC)c(OC)c2)cc1. The second kappa shape index (κ2) is 13.3. The van der Waals surface area contributed by atoms with E-state index in [-0.39, 0.29) is 16.3 Å². The topological polar surface area (TPSA) is 133 Å². The van der Waals surface area contributed by atoms with Crippen molar-refractivity contribution in [2.75, 3.05) is 38.8 Å². The number of ether oxygens (including phenoxy) is 4. The molecule has 0 unspecified atom stereocenters. The van der Waals surface area contributed by atoms with E-state index in [0.29, 0.717) is 29.2 Å². The highest BCUT2D eigenvalue weighted by Crippen LogP contribution is 2.32. The molecule has 0 heterocycles. The smallest absolute Gasteiger partial charge is 0.337 e. The largest absolute Gasteiger partial charge is 0.494 e.